The van der Waals surface area contributed by atoms with E-state index >= 15 is 0 Å². The monoisotopic (exact) mass is 390 g/mol. The average molecular weight is 391 g/mol. The Morgan fingerprint density at radius 3 is 2.07 bits per heavy atom. The van der Waals surface area contributed by atoms with Crippen LogP contribution in [0.5, 0.6) is 17.2 Å². The van der Waals surface area contributed by atoms with Crippen LogP contribution >= 0.6 is 0 Å². The average Bonchev–Trinajstić information content (AvgIpc) is 3.34. The molecule has 1 fully saturated rings. The highest BCUT2D eigenvalue weighted by Crippen LogP contribution is 2.49. The Balaban J connectivity index is 1.82. The second-order valence-electron chi connectivity index (χ2n) is 10.6. The molecular weight excluding hydrogens is 348 g/mol. The minimum absolute atomic E-state index is 0.114. The number of aryl methyl sites for hydroxylation is 1. The van der Waals surface area contributed by atoms with Gasteiger partial charge in [-0.25, -0.2) is 0 Å². The van der Waals surface area contributed by atoms with E-state index in [9.17, 15) is 15.3 Å². The van der Waals surface area contributed by atoms with Gasteiger partial charge in [-0.1, -0.05) is 59.8 Å². The van der Waals surface area contributed by atoms with Crippen molar-refractivity contribution in [3.63, 3.8) is 0 Å². The van der Waals surface area contributed by atoms with Gasteiger partial charge in [0, 0.05) is 5.56 Å². The van der Waals surface area contributed by atoms with Crippen LogP contribution in [0.2, 0.25) is 0 Å². The second-order valence-corrected chi connectivity index (χ2v) is 10.6. The Hall–Kier alpha value is -1.38. The van der Waals surface area contributed by atoms with Crippen LogP contribution in [0.4, 0.5) is 0 Å². The second kappa shape index (κ2) is 9.89. The van der Waals surface area contributed by atoms with Gasteiger partial charge >= 0.3 is 0 Å². The lowest BCUT2D eigenvalue weighted by atomic mass is 9.89. The summed E-state index contributed by atoms with van der Waals surface area (Å²) in [4.78, 5) is 0. The van der Waals surface area contributed by atoms with Crippen LogP contribution in [0.25, 0.3) is 0 Å². The molecule has 2 rings (SSSR count). The molecule has 0 unspecified atom stereocenters. The fourth-order valence-corrected chi connectivity index (χ4v) is 4.06. The van der Waals surface area contributed by atoms with Crippen molar-refractivity contribution in [1.82, 2.24) is 0 Å². The van der Waals surface area contributed by atoms with E-state index in [1.165, 1.54) is 44.9 Å². The first kappa shape index (κ1) is 22.9. The lowest BCUT2D eigenvalue weighted by molar-refractivity contribution is 0.356. The smallest absolute Gasteiger partial charge is 0.200 e. The summed E-state index contributed by atoms with van der Waals surface area (Å²) in [7, 11) is 0. The molecule has 3 N–H and O–H groups in total. The Labute approximate surface area is 172 Å². The van der Waals surface area contributed by atoms with Gasteiger partial charge in [-0.2, -0.15) is 0 Å². The van der Waals surface area contributed by atoms with Crippen molar-refractivity contribution in [2.75, 3.05) is 0 Å². The highest BCUT2D eigenvalue weighted by Gasteiger charge is 2.35. The van der Waals surface area contributed by atoms with E-state index in [1.807, 2.05) is 0 Å². The number of unbranched alkanes of at least 4 members (excludes halogenated alkanes) is 5. The minimum Gasteiger partial charge on any atom is -0.504 e. The van der Waals surface area contributed by atoms with E-state index in [-0.39, 0.29) is 17.2 Å². The Kier molecular flexibility index (Phi) is 8.09. The predicted octanol–water partition coefficient (Wildman–Crippen LogP) is 7.25. The third kappa shape index (κ3) is 7.56. The predicted molar refractivity (Wildman–Crippen MR) is 117 cm³/mol. The third-order valence-electron chi connectivity index (χ3n) is 6.38. The molecule has 160 valence electrons. The third-order valence-corrected chi connectivity index (χ3v) is 6.38. The lowest BCUT2D eigenvalue weighted by Crippen LogP contribution is -2.04. The van der Waals surface area contributed by atoms with Crippen molar-refractivity contribution in [2.45, 2.75) is 111 Å². The standard InChI is InChI=1S/C25H42O3/c1-24(2,3)14-10-6-5-8-12-19-18-21(26)23(28)22(27)20(19)13-9-7-11-15-25(4)16-17-25/h18,26-28H,5-17H2,1-4H3. The zero-order chi connectivity index (χ0) is 20.8. The van der Waals surface area contributed by atoms with Crippen LogP contribution in [-0.4, -0.2) is 15.3 Å². The first-order valence-corrected chi connectivity index (χ1v) is 11.4. The molecule has 0 amide bonds. The first-order chi connectivity index (χ1) is 13.1. The van der Waals surface area contributed by atoms with Gasteiger partial charge in [0.25, 0.3) is 0 Å². The van der Waals surface area contributed by atoms with Crippen LogP contribution in [0.15, 0.2) is 6.07 Å². The lowest BCUT2D eigenvalue weighted by Gasteiger charge is -2.17. The number of phenols is 3. The molecule has 1 aliphatic carbocycles. The van der Waals surface area contributed by atoms with Gasteiger partial charge in [-0.3, -0.25) is 0 Å². The number of hydrogen-bond acceptors (Lipinski definition) is 3. The van der Waals surface area contributed by atoms with Crippen molar-refractivity contribution in [3.05, 3.63) is 17.2 Å². The van der Waals surface area contributed by atoms with Gasteiger partial charge < -0.3 is 15.3 Å². The van der Waals surface area contributed by atoms with Gasteiger partial charge in [0.1, 0.15) is 0 Å². The molecule has 3 nitrogen and oxygen atoms in total. The Bertz CT molecular complexity index is 624. The van der Waals surface area contributed by atoms with E-state index < -0.39 is 0 Å². The first-order valence-electron chi connectivity index (χ1n) is 11.4. The molecule has 1 saturated carbocycles. The molecule has 0 heterocycles. The summed E-state index contributed by atoms with van der Waals surface area (Å²) in [5, 5.41) is 30.3. The zero-order valence-electron chi connectivity index (χ0n) is 18.6. The van der Waals surface area contributed by atoms with Crippen LogP contribution in [0, 0.1) is 10.8 Å². The number of rotatable bonds is 12. The van der Waals surface area contributed by atoms with Crippen LogP contribution in [0.1, 0.15) is 109 Å². The summed E-state index contributed by atoms with van der Waals surface area (Å²) in [6, 6.07) is 1.66. The highest BCUT2D eigenvalue weighted by molar-refractivity contribution is 5.57. The molecule has 1 aromatic carbocycles. The highest BCUT2D eigenvalue weighted by atomic mass is 16.3. The van der Waals surface area contributed by atoms with Crippen LogP contribution in [-0.2, 0) is 12.8 Å². The molecule has 1 aromatic rings. The van der Waals surface area contributed by atoms with E-state index in [2.05, 4.69) is 27.7 Å². The van der Waals surface area contributed by atoms with Crippen LogP contribution in [0.3, 0.4) is 0 Å². The number of phenolic OH excluding ortho intramolecular Hbond substituents is 3. The number of benzene rings is 1. The minimum atomic E-state index is -0.366. The van der Waals surface area contributed by atoms with Gasteiger partial charge in [-0.15, -0.1) is 0 Å². The fourth-order valence-electron chi connectivity index (χ4n) is 4.06. The molecule has 0 aliphatic heterocycles. The maximum atomic E-state index is 10.4. The number of hydrogen-bond donors (Lipinski definition) is 3. The van der Waals surface area contributed by atoms with Gasteiger partial charge in [0.05, 0.1) is 0 Å². The van der Waals surface area contributed by atoms with E-state index in [4.69, 9.17) is 0 Å². The van der Waals surface area contributed by atoms with Crippen molar-refractivity contribution < 1.29 is 15.3 Å². The Morgan fingerprint density at radius 1 is 0.821 bits per heavy atom. The normalized spacial score (nSPS) is 15.7. The number of aromatic hydroxyl groups is 3. The van der Waals surface area contributed by atoms with E-state index in [0.29, 0.717) is 10.8 Å². The molecular formula is C25H42O3. The largest absolute Gasteiger partial charge is 0.504 e. The van der Waals surface area contributed by atoms with Crippen molar-refractivity contribution in [1.29, 1.82) is 0 Å². The SMILES string of the molecule is CC(C)(C)CCCCCCc1cc(O)c(O)c(O)c1CCCCCC1(C)CC1. The zero-order valence-corrected chi connectivity index (χ0v) is 18.6. The molecule has 0 bridgehead atoms. The fraction of sp³-hybridized carbons (Fsp3) is 0.760. The molecule has 0 aromatic heterocycles. The molecule has 28 heavy (non-hydrogen) atoms. The maximum Gasteiger partial charge on any atom is 0.200 e. The summed E-state index contributed by atoms with van der Waals surface area (Å²) in [5.74, 6) is -0.683. The summed E-state index contributed by atoms with van der Waals surface area (Å²) < 4.78 is 0. The summed E-state index contributed by atoms with van der Waals surface area (Å²) in [5.41, 5.74) is 2.84. The molecule has 0 atom stereocenters. The van der Waals surface area contributed by atoms with E-state index in [1.54, 1.807) is 6.07 Å². The van der Waals surface area contributed by atoms with Gasteiger partial charge in [-0.05, 0) is 73.8 Å². The molecule has 0 radical (unpaired) electrons. The quantitative estimate of drug-likeness (QED) is 0.260. The summed E-state index contributed by atoms with van der Waals surface area (Å²) in [6.07, 6.45) is 15.0. The van der Waals surface area contributed by atoms with Crippen LogP contribution < -0.4 is 0 Å². The van der Waals surface area contributed by atoms with Crippen molar-refractivity contribution in [3.8, 4) is 17.2 Å². The summed E-state index contributed by atoms with van der Waals surface area (Å²) in [6.45, 7) is 9.22. The molecule has 0 spiro atoms. The van der Waals surface area contributed by atoms with Crippen molar-refractivity contribution in [2.24, 2.45) is 10.8 Å². The molecule has 1 aliphatic rings. The molecule has 3 heteroatoms. The van der Waals surface area contributed by atoms with E-state index in [0.717, 1.165) is 49.7 Å². The van der Waals surface area contributed by atoms with Gasteiger partial charge in [0.2, 0.25) is 5.75 Å². The summed E-state index contributed by atoms with van der Waals surface area (Å²) >= 11 is 0. The topological polar surface area (TPSA) is 60.7 Å². The molecule has 0 saturated heterocycles. The van der Waals surface area contributed by atoms with Crippen molar-refractivity contribution >= 4 is 0 Å². The maximum absolute atomic E-state index is 10.4. The van der Waals surface area contributed by atoms with Gasteiger partial charge in [0.15, 0.2) is 11.5 Å². The Morgan fingerprint density at radius 2 is 1.43 bits per heavy atom.